The number of rotatable bonds is 71. The molecule has 0 aromatic carbocycles. The van der Waals surface area contributed by atoms with Crippen LogP contribution in [-0.4, -0.2) is 47.4 Å². The van der Waals surface area contributed by atoms with Gasteiger partial charge in [0.25, 0.3) is 0 Å². The van der Waals surface area contributed by atoms with Gasteiger partial charge in [0.1, 0.15) is 0 Å². The van der Waals surface area contributed by atoms with Gasteiger partial charge in [-0.1, -0.05) is 379 Å². The van der Waals surface area contributed by atoms with Crippen molar-refractivity contribution in [3.8, 4) is 0 Å². The van der Waals surface area contributed by atoms with Crippen molar-refractivity contribution in [1.82, 2.24) is 5.32 Å². The lowest BCUT2D eigenvalue weighted by Gasteiger charge is -2.22. The molecular formula is C75H147NO5. The van der Waals surface area contributed by atoms with E-state index < -0.39 is 12.1 Å². The van der Waals surface area contributed by atoms with Crippen LogP contribution in [0.5, 0.6) is 0 Å². The van der Waals surface area contributed by atoms with Crippen LogP contribution in [-0.2, 0) is 14.3 Å². The lowest BCUT2D eigenvalue weighted by atomic mass is 10.0. The largest absolute Gasteiger partial charge is 0.466 e. The summed E-state index contributed by atoms with van der Waals surface area (Å²) in [6.07, 6.45) is 88.7. The predicted molar refractivity (Wildman–Crippen MR) is 357 cm³/mol. The van der Waals surface area contributed by atoms with E-state index >= 15 is 0 Å². The molecule has 2 unspecified atom stereocenters. The summed E-state index contributed by atoms with van der Waals surface area (Å²) in [7, 11) is 0. The second kappa shape index (κ2) is 71.1. The van der Waals surface area contributed by atoms with Crippen LogP contribution in [0, 0.1) is 0 Å². The first-order valence-corrected chi connectivity index (χ1v) is 37.4. The summed E-state index contributed by atoms with van der Waals surface area (Å²) in [5.74, 6) is -0.00355. The van der Waals surface area contributed by atoms with Gasteiger partial charge in [0.2, 0.25) is 5.91 Å². The number of ether oxygens (including phenoxy) is 1. The molecule has 0 aliphatic carbocycles. The highest BCUT2D eigenvalue weighted by atomic mass is 16.5. The SMILES string of the molecule is CCCCCCCCCCCCCCCCCC(=O)OCCCCCCCCCCCCCCCCCC/C=C\CCCCCCCCCCCCCCCCCCCC(=O)NC(CO)C(O)CCCCCCCCCCCCCC. The van der Waals surface area contributed by atoms with Gasteiger partial charge in [-0.05, 0) is 51.4 Å². The fourth-order valence-electron chi connectivity index (χ4n) is 12.1. The Kier molecular flexibility index (Phi) is 69.9. The van der Waals surface area contributed by atoms with Gasteiger partial charge >= 0.3 is 5.97 Å². The van der Waals surface area contributed by atoms with Crippen molar-refractivity contribution in [2.45, 2.75) is 443 Å². The summed E-state index contributed by atoms with van der Waals surface area (Å²) in [5, 5.41) is 23.3. The molecule has 3 N–H and O–H groups in total. The molecule has 0 saturated heterocycles. The molecule has 0 heterocycles. The summed E-state index contributed by atoms with van der Waals surface area (Å²) >= 11 is 0. The number of amides is 1. The van der Waals surface area contributed by atoms with Gasteiger partial charge in [-0.25, -0.2) is 0 Å². The van der Waals surface area contributed by atoms with Gasteiger partial charge in [-0.2, -0.15) is 0 Å². The smallest absolute Gasteiger partial charge is 0.305 e. The summed E-state index contributed by atoms with van der Waals surface area (Å²) in [6.45, 7) is 4.99. The molecule has 2 atom stereocenters. The zero-order valence-electron chi connectivity index (χ0n) is 55.3. The maximum atomic E-state index is 12.5. The topological polar surface area (TPSA) is 95.9 Å². The fourth-order valence-corrected chi connectivity index (χ4v) is 12.1. The minimum absolute atomic E-state index is 0.0253. The Labute approximate surface area is 508 Å². The third kappa shape index (κ3) is 67.6. The second-order valence-corrected chi connectivity index (χ2v) is 26.0. The third-order valence-corrected chi connectivity index (χ3v) is 17.8. The zero-order chi connectivity index (χ0) is 58.5. The monoisotopic (exact) mass is 1140 g/mol. The van der Waals surface area contributed by atoms with Gasteiger partial charge < -0.3 is 20.3 Å². The lowest BCUT2D eigenvalue weighted by molar-refractivity contribution is -0.143. The summed E-state index contributed by atoms with van der Waals surface area (Å²) in [4.78, 5) is 24.6. The quantitative estimate of drug-likeness (QED) is 0.0320. The number of aliphatic hydroxyl groups is 2. The van der Waals surface area contributed by atoms with Crippen LogP contribution in [0.2, 0.25) is 0 Å². The van der Waals surface area contributed by atoms with Crippen LogP contribution in [0.1, 0.15) is 431 Å². The van der Waals surface area contributed by atoms with E-state index in [0.717, 1.165) is 38.5 Å². The number of carbonyl (C=O) groups is 2. The molecule has 81 heavy (non-hydrogen) atoms. The summed E-state index contributed by atoms with van der Waals surface area (Å²) in [5.41, 5.74) is 0. The van der Waals surface area contributed by atoms with E-state index in [4.69, 9.17) is 4.74 Å². The third-order valence-electron chi connectivity index (χ3n) is 17.8. The summed E-state index contributed by atoms with van der Waals surface area (Å²) in [6, 6.07) is -0.536. The molecule has 482 valence electrons. The van der Waals surface area contributed by atoms with Crippen molar-refractivity contribution in [3.05, 3.63) is 12.2 Å². The van der Waals surface area contributed by atoms with Crippen LogP contribution in [0.4, 0.5) is 0 Å². The van der Waals surface area contributed by atoms with E-state index in [2.05, 4.69) is 31.3 Å². The second-order valence-electron chi connectivity index (χ2n) is 26.0. The number of hydrogen-bond acceptors (Lipinski definition) is 5. The Morgan fingerprint density at radius 2 is 0.580 bits per heavy atom. The van der Waals surface area contributed by atoms with Gasteiger partial charge in [0, 0.05) is 12.8 Å². The molecule has 6 heteroatoms. The van der Waals surface area contributed by atoms with Gasteiger partial charge in [0.15, 0.2) is 0 Å². The highest BCUT2D eigenvalue weighted by Gasteiger charge is 2.20. The predicted octanol–water partition coefficient (Wildman–Crippen LogP) is 24.3. The van der Waals surface area contributed by atoms with Gasteiger partial charge in [-0.3, -0.25) is 9.59 Å². The van der Waals surface area contributed by atoms with E-state index in [0.29, 0.717) is 25.9 Å². The Bertz CT molecular complexity index is 1220. The normalized spacial score (nSPS) is 12.5. The molecule has 0 aromatic rings. The van der Waals surface area contributed by atoms with E-state index in [1.807, 2.05) is 0 Å². The van der Waals surface area contributed by atoms with E-state index in [9.17, 15) is 19.8 Å². The van der Waals surface area contributed by atoms with Crippen LogP contribution in [0.3, 0.4) is 0 Å². The molecule has 6 nitrogen and oxygen atoms in total. The Morgan fingerprint density at radius 1 is 0.333 bits per heavy atom. The van der Waals surface area contributed by atoms with Crippen LogP contribution in [0.15, 0.2) is 12.2 Å². The molecule has 0 radical (unpaired) electrons. The van der Waals surface area contributed by atoms with Crippen molar-refractivity contribution in [1.29, 1.82) is 0 Å². The Hall–Kier alpha value is -1.40. The minimum Gasteiger partial charge on any atom is -0.466 e. The molecule has 0 aromatic heterocycles. The minimum atomic E-state index is -0.659. The van der Waals surface area contributed by atoms with Crippen molar-refractivity contribution in [2.75, 3.05) is 13.2 Å². The highest BCUT2D eigenvalue weighted by molar-refractivity contribution is 5.76. The van der Waals surface area contributed by atoms with Crippen LogP contribution in [0.25, 0.3) is 0 Å². The summed E-state index contributed by atoms with van der Waals surface area (Å²) < 4.78 is 5.50. The van der Waals surface area contributed by atoms with Crippen molar-refractivity contribution in [3.63, 3.8) is 0 Å². The van der Waals surface area contributed by atoms with Crippen molar-refractivity contribution in [2.24, 2.45) is 0 Å². The molecule has 0 fully saturated rings. The van der Waals surface area contributed by atoms with E-state index in [-0.39, 0.29) is 18.5 Å². The lowest BCUT2D eigenvalue weighted by Crippen LogP contribution is -2.45. The molecular weight excluding hydrogens is 995 g/mol. The van der Waals surface area contributed by atoms with Gasteiger partial charge in [0.05, 0.1) is 25.4 Å². The molecule has 0 bridgehead atoms. The maximum absolute atomic E-state index is 12.5. The molecule has 0 spiro atoms. The molecule has 1 amide bonds. The molecule has 0 aliphatic rings. The van der Waals surface area contributed by atoms with Crippen molar-refractivity contribution >= 4 is 11.9 Å². The fraction of sp³-hybridized carbons (Fsp3) is 0.947. The average molecular weight is 1140 g/mol. The number of unbranched alkanes of at least 4 members (excludes halogenated alkanes) is 58. The molecule has 0 rings (SSSR count). The standard InChI is InChI=1S/C75H147NO5/c1-3-5-7-9-11-13-15-17-41-45-49-53-57-61-65-69-75(80)81-70-66-62-58-54-50-46-43-40-38-36-34-32-30-28-26-24-22-20-18-19-21-23-25-27-29-31-33-35-37-39-42-44-48-52-56-60-64-68-74(79)76-72(71-77)73(78)67-63-59-55-51-47-16-14-12-10-8-6-4-2/h18,20,72-73,77-78H,3-17,19,21-71H2,1-2H3,(H,76,79)/b20-18-. The van der Waals surface area contributed by atoms with Crippen LogP contribution < -0.4 is 5.32 Å². The number of esters is 1. The number of hydrogen-bond donors (Lipinski definition) is 3. The average Bonchev–Trinajstić information content (AvgIpc) is 3.47. The van der Waals surface area contributed by atoms with E-state index in [1.165, 1.54) is 360 Å². The van der Waals surface area contributed by atoms with Crippen LogP contribution >= 0.6 is 0 Å². The number of aliphatic hydroxyl groups excluding tert-OH is 2. The Morgan fingerprint density at radius 3 is 0.877 bits per heavy atom. The maximum Gasteiger partial charge on any atom is 0.305 e. The number of nitrogens with one attached hydrogen (secondary N) is 1. The first-order chi connectivity index (χ1) is 40.0. The highest BCUT2D eigenvalue weighted by Crippen LogP contribution is 2.20. The van der Waals surface area contributed by atoms with Gasteiger partial charge in [-0.15, -0.1) is 0 Å². The first-order valence-electron chi connectivity index (χ1n) is 37.4. The Balaban J connectivity index is 3.30. The molecule has 0 saturated carbocycles. The number of carbonyl (C=O) groups excluding carboxylic acids is 2. The zero-order valence-corrected chi connectivity index (χ0v) is 55.3. The van der Waals surface area contributed by atoms with E-state index in [1.54, 1.807) is 0 Å². The molecule has 0 aliphatic heterocycles. The van der Waals surface area contributed by atoms with Crippen molar-refractivity contribution < 1.29 is 24.5 Å². The number of allylic oxidation sites excluding steroid dienone is 2. The first kappa shape index (κ1) is 79.6.